The molecule has 152 valence electrons. The third kappa shape index (κ3) is 4.19. The largest absolute Gasteiger partial charge is 0.381 e. The van der Waals surface area contributed by atoms with Crippen LogP contribution in [-0.4, -0.2) is 33.8 Å². The van der Waals surface area contributed by atoms with Crippen LogP contribution in [0.4, 0.5) is 20.4 Å². The van der Waals surface area contributed by atoms with E-state index < -0.39 is 11.6 Å². The van der Waals surface area contributed by atoms with E-state index in [9.17, 15) is 13.6 Å². The first-order valence-electron chi connectivity index (χ1n) is 9.40. The number of aromatic nitrogens is 3. The Morgan fingerprint density at radius 2 is 2.03 bits per heavy atom. The molecule has 9 heteroatoms. The van der Waals surface area contributed by atoms with Gasteiger partial charge in [-0.2, -0.15) is 4.98 Å². The van der Waals surface area contributed by atoms with Crippen molar-refractivity contribution in [2.75, 3.05) is 23.8 Å². The summed E-state index contributed by atoms with van der Waals surface area (Å²) in [5.74, 6) is -0.842. The molecule has 0 radical (unpaired) electrons. The highest BCUT2D eigenvalue weighted by molar-refractivity contribution is 5.79. The first-order valence-corrected chi connectivity index (χ1v) is 9.40. The minimum Gasteiger partial charge on any atom is -0.381 e. The molecule has 1 fully saturated rings. The van der Waals surface area contributed by atoms with Crippen LogP contribution in [0.5, 0.6) is 0 Å². The molecule has 0 aliphatic carbocycles. The molecule has 0 atom stereocenters. The van der Waals surface area contributed by atoms with Crippen LogP contribution in [0.3, 0.4) is 0 Å². The van der Waals surface area contributed by atoms with E-state index in [0.29, 0.717) is 30.2 Å². The highest BCUT2D eigenvalue weighted by Crippen LogP contribution is 2.18. The highest BCUT2D eigenvalue weighted by Gasteiger charge is 2.16. The Morgan fingerprint density at radius 1 is 1.24 bits per heavy atom. The third-order valence-corrected chi connectivity index (χ3v) is 4.99. The Balaban J connectivity index is 1.57. The Kier molecular flexibility index (Phi) is 5.39. The van der Waals surface area contributed by atoms with Crippen LogP contribution in [0.15, 0.2) is 35.3 Å². The van der Waals surface area contributed by atoms with Crippen molar-refractivity contribution in [3.63, 3.8) is 0 Å². The van der Waals surface area contributed by atoms with Crippen molar-refractivity contribution < 1.29 is 13.5 Å². The maximum Gasteiger partial charge on any atom is 0.275 e. The van der Waals surface area contributed by atoms with E-state index in [1.165, 1.54) is 16.7 Å². The summed E-state index contributed by atoms with van der Waals surface area (Å²) in [6.07, 6.45) is 3.40. The number of aryl methyl sites for hydroxylation is 1. The molecular weight excluding hydrogens is 380 g/mol. The molecule has 3 heterocycles. The zero-order chi connectivity index (χ0) is 20.4. The number of pyridine rings is 1. The zero-order valence-corrected chi connectivity index (χ0v) is 15.9. The zero-order valence-electron chi connectivity index (χ0n) is 15.9. The van der Waals surface area contributed by atoms with Crippen molar-refractivity contribution in [1.82, 2.24) is 14.5 Å². The number of halogens is 2. The molecule has 4 rings (SSSR count). The number of anilines is 2. The van der Waals surface area contributed by atoms with E-state index in [-0.39, 0.29) is 29.4 Å². The lowest BCUT2D eigenvalue weighted by molar-refractivity contribution is 0.0903. The summed E-state index contributed by atoms with van der Waals surface area (Å²) in [7, 11) is 1.62. The second-order valence-electron chi connectivity index (χ2n) is 7.02. The van der Waals surface area contributed by atoms with Crippen molar-refractivity contribution in [3.8, 4) is 0 Å². The number of benzene rings is 1. The van der Waals surface area contributed by atoms with Gasteiger partial charge in [0.1, 0.15) is 23.0 Å². The van der Waals surface area contributed by atoms with Gasteiger partial charge in [0.15, 0.2) is 0 Å². The Hall–Kier alpha value is -3.07. The summed E-state index contributed by atoms with van der Waals surface area (Å²) in [6.45, 7) is 1.46. The second kappa shape index (κ2) is 8.12. The predicted molar refractivity (Wildman–Crippen MR) is 106 cm³/mol. The van der Waals surface area contributed by atoms with Gasteiger partial charge >= 0.3 is 0 Å². The summed E-state index contributed by atoms with van der Waals surface area (Å²) in [5.41, 5.74) is 0.757. The molecule has 29 heavy (non-hydrogen) atoms. The van der Waals surface area contributed by atoms with Gasteiger partial charge in [0, 0.05) is 56.1 Å². The van der Waals surface area contributed by atoms with E-state index in [4.69, 9.17) is 4.74 Å². The molecule has 0 spiro atoms. The van der Waals surface area contributed by atoms with E-state index in [2.05, 4.69) is 20.6 Å². The fraction of sp³-hybridized carbons (Fsp3) is 0.350. The molecule has 2 N–H and O–H groups in total. The Morgan fingerprint density at radius 3 is 2.79 bits per heavy atom. The van der Waals surface area contributed by atoms with Crippen LogP contribution in [0, 0.1) is 11.6 Å². The van der Waals surface area contributed by atoms with Crippen LogP contribution in [0.25, 0.3) is 11.0 Å². The Bertz CT molecular complexity index is 1100. The quantitative estimate of drug-likeness (QED) is 0.684. The normalized spacial score (nSPS) is 14.9. The fourth-order valence-electron chi connectivity index (χ4n) is 3.32. The molecular formula is C20H21F2N5O2. The summed E-state index contributed by atoms with van der Waals surface area (Å²) < 4.78 is 33.6. The van der Waals surface area contributed by atoms with Gasteiger partial charge in [-0.15, -0.1) is 0 Å². The van der Waals surface area contributed by atoms with Crippen molar-refractivity contribution >= 4 is 22.7 Å². The average Bonchev–Trinajstić information content (AvgIpc) is 2.72. The smallest absolute Gasteiger partial charge is 0.275 e. The predicted octanol–water partition coefficient (Wildman–Crippen LogP) is 2.81. The molecule has 1 aromatic carbocycles. The van der Waals surface area contributed by atoms with Gasteiger partial charge in [-0.05, 0) is 25.0 Å². The van der Waals surface area contributed by atoms with Crippen molar-refractivity contribution in [2.45, 2.75) is 25.4 Å². The van der Waals surface area contributed by atoms with Crippen molar-refractivity contribution in [1.29, 1.82) is 0 Å². The molecule has 3 aromatic rings. The lowest BCUT2D eigenvalue weighted by Crippen LogP contribution is -2.29. The SMILES string of the molecule is Cn1c(=O)c(NCc2ccc(F)cc2F)cc2cnc(NC3CCOCC3)nc21. The Labute approximate surface area is 165 Å². The highest BCUT2D eigenvalue weighted by atomic mass is 19.1. The standard InChI is InChI=1S/C20H21F2N5O2/c1-27-18-13(11-24-20(26-18)25-15-4-6-29-7-5-15)8-17(19(27)28)23-10-12-2-3-14(21)9-16(12)22/h2-3,8-9,11,15,23H,4-7,10H2,1H3,(H,24,25,26). The molecule has 1 aliphatic rings. The van der Waals surface area contributed by atoms with Crippen LogP contribution in [0.2, 0.25) is 0 Å². The van der Waals surface area contributed by atoms with Gasteiger partial charge in [0.05, 0.1) is 0 Å². The molecule has 2 aromatic heterocycles. The van der Waals surface area contributed by atoms with E-state index in [1.54, 1.807) is 19.3 Å². The van der Waals surface area contributed by atoms with E-state index >= 15 is 0 Å². The topological polar surface area (TPSA) is 81.1 Å². The first kappa shape index (κ1) is 19.3. The van der Waals surface area contributed by atoms with Gasteiger partial charge in [-0.25, -0.2) is 13.8 Å². The van der Waals surface area contributed by atoms with Gasteiger partial charge in [-0.3, -0.25) is 9.36 Å². The monoisotopic (exact) mass is 401 g/mol. The summed E-state index contributed by atoms with van der Waals surface area (Å²) in [4.78, 5) is 21.5. The van der Waals surface area contributed by atoms with Gasteiger partial charge in [-0.1, -0.05) is 6.07 Å². The van der Waals surface area contributed by atoms with E-state index in [0.717, 1.165) is 18.9 Å². The molecule has 0 unspecified atom stereocenters. The number of nitrogens with one attached hydrogen (secondary N) is 2. The number of hydrogen-bond donors (Lipinski definition) is 2. The van der Waals surface area contributed by atoms with Gasteiger partial charge in [0.2, 0.25) is 5.95 Å². The van der Waals surface area contributed by atoms with Crippen LogP contribution in [-0.2, 0) is 18.3 Å². The maximum atomic E-state index is 13.8. The third-order valence-electron chi connectivity index (χ3n) is 4.99. The number of rotatable bonds is 5. The second-order valence-corrected chi connectivity index (χ2v) is 7.02. The molecule has 1 aliphatic heterocycles. The van der Waals surface area contributed by atoms with Crippen LogP contribution in [0.1, 0.15) is 18.4 Å². The lowest BCUT2D eigenvalue weighted by Gasteiger charge is -2.23. The fourth-order valence-corrected chi connectivity index (χ4v) is 3.32. The summed E-state index contributed by atoms with van der Waals surface area (Å²) in [5, 5.41) is 6.88. The molecule has 0 amide bonds. The van der Waals surface area contributed by atoms with Crippen LogP contribution < -0.4 is 16.2 Å². The summed E-state index contributed by atoms with van der Waals surface area (Å²) >= 11 is 0. The van der Waals surface area contributed by atoms with Gasteiger partial charge in [0.25, 0.3) is 5.56 Å². The van der Waals surface area contributed by atoms with E-state index in [1.807, 2.05) is 0 Å². The minimum atomic E-state index is -0.665. The molecule has 1 saturated heterocycles. The number of hydrogen-bond acceptors (Lipinski definition) is 6. The minimum absolute atomic E-state index is 0.0527. The van der Waals surface area contributed by atoms with Crippen LogP contribution >= 0.6 is 0 Å². The number of fused-ring (bicyclic) bond motifs is 1. The van der Waals surface area contributed by atoms with Crippen molar-refractivity contribution in [2.24, 2.45) is 7.05 Å². The molecule has 0 bridgehead atoms. The molecule has 0 saturated carbocycles. The van der Waals surface area contributed by atoms with Crippen molar-refractivity contribution in [3.05, 3.63) is 58.0 Å². The summed E-state index contributed by atoms with van der Waals surface area (Å²) in [6, 6.07) is 5.22. The van der Waals surface area contributed by atoms with Gasteiger partial charge < -0.3 is 15.4 Å². The molecule has 7 nitrogen and oxygen atoms in total. The number of ether oxygens (including phenoxy) is 1. The average molecular weight is 401 g/mol. The number of nitrogens with zero attached hydrogens (tertiary/aromatic N) is 3. The maximum absolute atomic E-state index is 13.8. The first-order chi connectivity index (χ1) is 14.0. The lowest BCUT2D eigenvalue weighted by atomic mass is 10.1.